The van der Waals surface area contributed by atoms with Gasteiger partial charge in [-0.15, -0.1) is 0 Å². The van der Waals surface area contributed by atoms with E-state index in [4.69, 9.17) is 20.0 Å². The molecule has 1 saturated heterocycles. The highest BCUT2D eigenvalue weighted by Crippen LogP contribution is 2.21. The topological polar surface area (TPSA) is 102 Å². The van der Waals surface area contributed by atoms with Gasteiger partial charge in [0.2, 0.25) is 5.89 Å². The molecular weight excluding hydrogens is 310 g/mol. The second kappa shape index (κ2) is 7.57. The summed E-state index contributed by atoms with van der Waals surface area (Å²) in [4.78, 5) is 17.4. The van der Waals surface area contributed by atoms with Crippen molar-refractivity contribution in [2.75, 3.05) is 26.3 Å². The number of carboxylic acid groups (broad SMARTS) is 1. The number of nitrogens with two attached hydrogens (primary N) is 1. The second-order valence-corrected chi connectivity index (χ2v) is 5.87. The molecule has 1 aromatic carbocycles. The molecule has 1 atom stereocenters. The van der Waals surface area contributed by atoms with Gasteiger partial charge < -0.3 is 20.0 Å². The van der Waals surface area contributed by atoms with E-state index in [1.165, 1.54) is 0 Å². The Kier molecular flexibility index (Phi) is 5.24. The normalized spacial score (nSPS) is 16.9. The van der Waals surface area contributed by atoms with Crippen LogP contribution in [0.4, 0.5) is 0 Å². The molecule has 1 fully saturated rings. The number of aromatic nitrogens is 1. The Bertz CT molecular complexity index is 677. The maximum Gasteiger partial charge on any atom is 0.320 e. The number of carboxylic acids is 1. The van der Waals surface area contributed by atoms with E-state index in [-0.39, 0.29) is 0 Å². The van der Waals surface area contributed by atoms with E-state index >= 15 is 0 Å². The van der Waals surface area contributed by atoms with Gasteiger partial charge >= 0.3 is 5.97 Å². The van der Waals surface area contributed by atoms with Crippen molar-refractivity contribution in [3.05, 3.63) is 41.8 Å². The van der Waals surface area contributed by atoms with E-state index < -0.39 is 12.0 Å². The van der Waals surface area contributed by atoms with Crippen LogP contribution in [0.25, 0.3) is 11.5 Å². The van der Waals surface area contributed by atoms with Crippen LogP contribution in [-0.4, -0.2) is 53.3 Å². The van der Waals surface area contributed by atoms with Crippen LogP contribution in [0, 0.1) is 0 Å². The van der Waals surface area contributed by atoms with Crippen molar-refractivity contribution in [2.45, 2.75) is 19.0 Å². The molecule has 2 aromatic rings. The first-order chi connectivity index (χ1) is 11.6. The summed E-state index contributed by atoms with van der Waals surface area (Å²) in [6, 6.07) is 6.55. The highest BCUT2D eigenvalue weighted by atomic mass is 16.5. The Morgan fingerprint density at radius 1 is 1.29 bits per heavy atom. The number of carbonyl (C=O) groups is 1. The standard InChI is InChI=1S/C17H21N3O4/c18-15(17(21)22)9-12-1-3-13(4-2-12)16-19-10-14(24-16)11-20-5-7-23-8-6-20/h1-4,10,15H,5-9,11,18H2,(H,21,22). The van der Waals surface area contributed by atoms with Crippen LogP contribution in [0.15, 0.2) is 34.9 Å². The van der Waals surface area contributed by atoms with E-state index in [1.54, 1.807) is 6.20 Å². The van der Waals surface area contributed by atoms with Gasteiger partial charge in [-0.3, -0.25) is 9.69 Å². The zero-order chi connectivity index (χ0) is 16.9. The Labute approximate surface area is 140 Å². The summed E-state index contributed by atoms with van der Waals surface area (Å²) >= 11 is 0. The maximum atomic E-state index is 10.8. The summed E-state index contributed by atoms with van der Waals surface area (Å²) in [5.74, 6) is 0.385. The Morgan fingerprint density at radius 3 is 2.67 bits per heavy atom. The molecule has 0 amide bonds. The molecule has 1 unspecified atom stereocenters. The molecule has 3 N–H and O–H groups in total. The lowest BCUT2D eigenvalue weighted by Crippen LogP contribution is -2.35. The lowest BCUT2D eigenvalue weighted by molar-refractivity contribution is -0.138. The summed E-state index contributed by atoms with van der Waals surface area (Å²) < 4.78 is 11.2. The average molecular weight is 331 g/mol. The minimum absolute atomic E-state index is 0.295. The number of rotatable bonds is 6. The van der Waals surface area contributed by atoms with Gasteiger partial charge in [0.05, 0.1) is 26.0 Å². The van der Waals surface area contributed by atoms with Gasteiger partial charge in [-0.05, 0) is 24.1 Å². The summed E-state index contributed by atoms with van der Waals surface area (Å²) in [5.41, 5.74) is 7.27. The molecule has 1 aliphatic heterocycles. The van der Waals surface area contributed by atoms with Gasteiger partial charge in [0.15, 0.2) is 0 Å². The maximum absolute atomic E-state index is 10.8. The van der Waals surface area contributed by atoms with Crippen molar-refractivity contribution in [3.8, 4) is 11.5 Å². The van der Waals surface area contributed by atoms with Crippen LogP contribution in [-0.2, 0) is 22.5 Å². The fourth-order valence-corrected chi connectivity index (χ4v) is 2.62. The lowest BCUT2D eigenvalue weighted by atomic mass is 10.0. The van der Waals surface area contributed by atoms with Gasteiger partial charge in [-0.25, -0.2) is 4.98 Å². The molecule has 7 nitrogen and oxygen atoms in total. The van der Waals surface area contributed by atoms with Gasteiger partial charge in [0, 0.05) is 18.7 Å². The Hall–Kier alpha value is -2.22. The van der Waals surface area contributed by atoms with Gasteiger partial charge in [-0.1, -0.05) is 12.1 Å². The summed E-state index contributed by atoms with van der Waals surface area (Å²) in [6.07, 6.45) is 2.04. The first kappa shape index (κ1) is 16.6. The molecule has 2 heterocycles. The van der Waals surface area contributed by atoms with Gasteiger partial charge in [0.1, 0.15) is 11.8 Å². The predicted molar refractivity (Wildman–Crippen MR) is 87.4 cm³/mol. The molecule has 3 rings (SSSR count). The van der Waals surface area contributed by atoms with Crippen molar-refractivity contribution in [1.82, 2.24) is 9.88 Å². The molecule has 128 valence electrons. The molecule has 24 heavy (non-hydrogen) atoms. The predicted octanol–water partition coefficient (Wildman–Crippen LogP) is 1.13. The molecular formula is C17H21N3O4. The van der Waals surface area contributed by atoms with Crippen molar-refractivity contribution in [3.63, 3.8) is 0 Å². The van der Waals surface area contributed by atoms with Crippen LogP contribution in [0.3, 0.4) is 0 Å². The van der Waals surface area contributed by atoms with Crippen LogP contribution in [0.1, 0.15) is 11.3 Å². The molecule has 1 aliphatic rings. The van der Waals surface area contributed by atoms with Crippen LogP contribution in [0.5, 0.6) is 0 Å². The highest BCUT2D eigenvalue weighted by molar-refractivity contribution is 5.73. The average Bonchev–Trinajstić information content (AvgIpc) is 3.05. The lowest BCUT2D eigenvalue weighted by Gasteiger charge is -2.25. The summed E-state index contributed by atoms with van der Waals surface area (Å²) in [7, 11) is 0. The minimum Gasteiger partial charge on any atom is -0.480 e. The van der Waals surface area contributed by atoms with Crippen molar-refractivity contribution < 1.29 is 19.1 Å². The first-order valence-corrected chi connectivity index (χ1v) is 7.94. The van der Waals surface area contributed by atoms with Gasteiger partial charge in [-0.2, -0.15) is 0 Å². The van der Waals surface area contributed by atoms with E-state index in [0.29, 0.717) is 12.3 Å². The van der Waals surface area contributed by atoms with Crippen LogP contribution in [0.2, 0.25) is 0 Å². The summed E-state index contributed by atoms with van der Waals surface area (Å²) in [5, 5.41) is 8.85. The summed E-state index contributed by atoms with van der Waals surface area (Å²) in [6.45, 7) is 4.02. The van der Waals surface area contributed by atoms with E-state index in [1.807, 2.05) is 24.3 Å². The third kappa shape index (κ3) is 4.19. The van der Waals surface area contributed by atoms with Crippen LogP contribution < -0.4 is 5.73 Å². The number of ether oxygens (including phenoxy) is 1. The second-order valence-electron chi connectivity index (χ2n) is 5.87. The van der Waals surface area contributed by atoms with E-state index in [9.17, 15) is 4.79 Å². The number of oxazole rings is 1. The quantitative estimate of drug-likeness (QED) is 0.818. The molecule has 0 aliphatic carbocycles. The minimum atomic E-state index is -1.00. The van der Waals surface area contributed by atoms with Gasteiger partial charge in [0.25, 0.3) is 0 Å². The zero-order valence-corrected chi connectivity index (χ0v) is 13.4. The highest BCUT2D eigenvalue weighted by Gasteiger charge is 2.15. The van der Waals surface area contributed by atoms with Crippen molar-refractivity contribution >= 4 is 5.97 Å². The molecule has 0 bridgehead atoms. The Morgan fingerprint density at radius 2 is 2.00 bits per heavy atom. The third-order valence-corrected chi connectivity index (χ3v) is 4.01. The number of morpholine rings is 1. The number of hydrogen-bond donors (Lipinski definition) is 2. The first-order valence-electron chi connectivity index (χ1n) is 7.94. The van der Waals surface area contributed by atoms with Crippen molar-refractivity contribution in [1.29, 1.82) is 0 Å². The molecule has 0 spiro atoms. The molecule has 0 radical (unpaired) electrons. The van der Waals surface area contributed by atoms with E-state index in [2.05, 4.69) is 9.88 Å². The van der Waals surface area contributed by atoms with Crippen LogP contribution >= 0.6 is 0 Å². The van der Waals surface area contributed by atoms with Crippen molar-refractivity contribution in [2.24, 2.45) is 5.73 Å². The Balaban J connectivity index is 1.63. The number of nitrogens with zero attached hydrogens (tertiary/aromatic N) is 2. The largest absolute Gasteiger partial charge is 0.480 e. The molecule has 0 saturated carbocycles. The number of benzene rings is 1. The monoisotopic (exact) mass is 331 g/mol. The molecule has 1 aromatic heterocycles. The third-order valence-electron chi connectivity index (χ3n) is 4.01. The zero-order valence-electron chi connectivity index (χ0n) is 13.4. The number of hydrogen-bond acceptors (Lipinski definition) is 6. The number of aliphatic carboxylic acids is 1. The smallest absolute Gasteiger partial charge is 0.320 e. The van der Waals surface area contributed by atoms with E-state index in [0.717, 1.165) is 49.7 Å². The fraction of sp³-hybridized carbons (Fsp3) is 0.412. The fourth-order valence-electron chi connectivity index (χ4n) is 2.62. The molecule has 7 heteroatoms. The SMILES string of the molecule is NC(Cc1ccc(-c2ncc(CN3CCOCC3)o2)cc1)C(=O)O.